The summed E-state index contributed by atoms with van der Waals surface area (Å²) in [5.41, 5.74) is 5.32. The third kappa shape index (κ3) is 3.64. The molecule has 0 aliphatic carbocycles. The summed E-state index contributed by atoms with van der Waals surface area (Å²) < 4.78 is 7.89. The average molecular weight is 427 g/mol. The number of hydrogen-bond donors (Lipinski definition) is 2. The van der Waals surface area contributed by atoms with Crippen molar-refractivity contribution in [1.82, 2.24) is 29.8 Å². The standard InChI is InChI=1S/C23H21N7O2/c1-24-21-18-20(30(2)13-27-18)19-23(29-21)32-22(28-19)16-7-3-5-14(9-16)12-26-17(31)10-15-6-4-8-25-11-15/h3-9,11,13H,10,12H2,1-2H3,(H,24,29)(H,26,31). The second-order valence-electron chi connectivity index (χ2n) is 7.45. The van der Waals surface area contributed by atoms with Gasteiger partial charge in [-0.15, -0.1) is 0 Å². The minimum Gasteiger partial charge on any atom is -0.418 e. The lowest BCUT2D eigenvalue weighted by Crippen LogP contribution is -2.24. The van der Waals surface area contributed by atoms with Gasteiger partial charge in [0, 0.05) is 38.6 Å². The number of amides is 1. The Kier molecular flexibility index (Phi) is 4.98. The Morgan fingerprint density at radius 2 is 2.00 bits per heavy atom. The third-order valence-corrected chi connectivity index (χ3v) is 5.20. The average Bonchev–Trinajstić information content (AvgIpc) is 3.41. The highest BCUT2D eigenvalue weighted by Gasteiger charge is 2.18. The molecule has 5 rings (SSSR count). The van der Waals surface area contributed by atoms with E-state index in [0.29, 0.717) is 35.9 Å². The van der Waals surface area contributed by atoms with E-state index in [1.807, 2.05) is 48.0 Å². The molecule has 0 atom stereocenters. The SMILES string of the molecule is CNc1nc2oc(-c3cccc(CNC(=O)Cc4cccnc4)c3)nc2c2c1ncn2C. The summed E-state index contributed by atoms with van der Waals surface area (Å²) in [4.78, 5) is 29.9. The lowest BCUT2D eigenvalue weighted by molar-refractivity contribution is -0.120. The maximum absolute atomic E-state index is 12.3. The molecule has 0 fully saturated rings. The lowest BCUT2D eigenvalue weighted by atomic mass is 10.1. The maximum atomic E-state index is 12.3. The fraction of sp³-hybridized carbons (Fsp3) is 0.174. The number of carbonyl (C=O) groups is 1. The Labute approximate surface area is 183 Å². The molecule has 9 nitrogen and oxygen atoms in total. The van der Waals surface area contributed by atoms with E-state index >= 15 is 0 Å². The maximum Gasteiger partial charge on any atom is 0.251 e. The molecular formula is C23H21N7O2. The Hall–Kier alpha value is -4.27. The number of aromatic nitrogens is 5. The monoisotopic (exact) mass is 427 g/mol. The molecule has 0 aliphatic rings. The molecule has 9 heteroatoms. The molecule has 4 aromatic heterocycles. The van der Waals surface area contributed by atoms with Crippen molar-refractivity contribution in [3.8, 4) is 11.5 Å². The van der Waals surface area contributed by atoms with Gasteiger partial charge in [-0.2, -0.15) is 4.98 Å². The fourth-order valence-corrected chi connectivity index (χ4v) is 3.64. The third-order valence-electron chi connectivity index (χ3n) is 5.20. The van der Waals surface area contributed by atoms with Gasteiger partial charge < -0.3 is 19.6 Å². The number of pyridine rings is 2. The molecule has 0 radical (unpaired) electrons. The Morgan fingerprint density at radius 1 is 1.12 bits per heavy atom. The van der Waals surface area contributed by atoms with Gasteiger partial charge in [0.15, 0.2) is 11.3 Å². The van der Waals surface area contributed by atoms with Gasteiger partial charge in [0.2, 0.25) is 11.8 Å². The van der Waals surface area contributed by atoms with Crippen LogP contribution in [0.5, 0.6) is 0 Å². The largest absolute Gasteiger partial charge is 0.418 e. The number of nitrogens with zero attached hydrogens (tertiary/aromatic N) is 5. The molecule has 0 saturated carbocycles. The van der Waals surface area contributed by atoms with Crippen molar-refractivity contribution < 1.29 is 9.21 Å². The summed E-state index contributed by atoms with van der Waals surface area (Å²) in [6.07, 6.45) is 5.40. The summed E-state index contributed by atoms with van der Waals surface area (Å²) >= 11 is 0. The molecule has 0 spiro atoms. The van der Waals surface area contributed by atoms with Gasteiger partial charge in [0.1, 0.15) is 11.0 Å². The van der Waals surface area contributed by atoms with Gasteiger partial charge in [0.25, 0.3) is 5.71 Å². The number of hydrogen-bond acceptors (Lipinski definition) is 7. The summed E-state index contributed by atoms with van der Waals surface area (Å²) in [5, 5.41) is 6.01. The molecule has 2 N–H and O–H groups in total. The van der Waals surface area contributed by atoms with Crippen LogP contribution in [-0.2, 0) is 24.8 Å². The fourth-order valence-electron chi connectivity index (χ4n) is 3.64. The first kappa shape index (κ1) is 19.7. The van der Waals surface area contributed by atoms with Crippen molar-refractivity contribution in [2.75, 3.05) is 12.4 Å². The van der Waals surface area contributed by atoms with Crippen LogP contribution in [-0.4, -0.2) is 37.5 Å². The van der Waals surface area contributed by atoms with Crippen LogP contribution in [0.4, 0.5) is 5.82 Å². The number of aryl methyl sites for hydroxylation is 1. The second-order valence-corrected chi connectivity index (χ2v) is 7.45. The van der Waals surface area contributed by atoms with E-state index in [1.54, 1.807) is 25.8 Å². The van der Waals surface area contributed by atoms with Crippen LogP contribution in [0.2, 0.25) is 0 Å². The van der Waals surface area contributed by atoms with Gasteiger partial charge >= 0.3 is 0 Å². The topological polar surface area (TPSA) is 111 Å². The number of oxazole rings is 1. The van der Waals surface area contributed by atoms with E-state index in [1.165, 1.54) is 0 Å². The number of nitrogens with one attached hydrogen (secondary N) is 2. The van der Waals surface area contributed by atoms with Gasteiger partial charge in [-0.05, 0) is 29.3 Å². The summed E-state index contributed by atoms with van der Waals surface area (Å²) in [7, 11) is 3.71. The highest BCUT2D eigenvalue weighted by atomic mass is 16.4. The van der Waals surface area contributed by atoms with E-state index in [0.717, 1.165) is 27.7 Å². The Balaban J connectivity index is 1.40. The van der Waals surface area contributed by atoms with Gasteiger partial charge in [-0.3, -0.25) is 9.78 Å². The number of fused-ring (bicyclic) bond motifs is 3. The van der Waals surface area contributed by atoms with Crippen LogP contribution in [0.15, 0.2) is 59.5 Å². The first-order chi connectivity index (χ1) is 15.6. The van der Waals surface area contributed by atoms with Crippen LogP contribution in [0.3, 0.4) is 0 Å². The molecule has 0 unspecified atom stereocenters. The predicted octanol–water partition coefficient (Wildman–Crippen LogP) is 3.07. The van der Waals surface area contributed by atoms with Crippen molar-refractivity contribution in [2.24, 2.45) is 7.05 Å². The van der Waals surface area contributed by atoms with Gasteiger partial charge in [0.05, 0.1) is 12.7 Å². The smallest absolute Gasteiger partial charge is 0.251 e. The van der Waals surface area contributed by atoms with E-state index in [9.17, 15) is 4.79 Å². The molecule has 4 heterocycles. The van der Waals surface area contributed by atoms with Gasteiger partial charge in [-0.25, -0.2) is 9.97 Å². The lowest BCUT2D eigenvalue weighted by Gasteiger charge is -2.06. The van der Waals surface area contributed by atoms with Crippen LogP contribution >= 0.6 is 0 Å². The van der Waals surface area contributed by atoms with E-state index in [-0.39, 0.29) is 5.91 Å². The first-order valence-corrected chi connectivity index (χ1v) is 10.2. The van der Waals surface area contributed by atoms with E-state index in [4.69, 9.17) is 9.40 Å². The van der Waals surface area contributed by atoms with Crippen LogP contribution in [0.25, 0.3) is 33.7 Å². The normalized spacial score (nSPS) is 11.2. The second kappa shape index (κ2) is 8.10. The van der Waals surface area contributed by atoms with Crippen molar-refractivity contribution in [1.29, 1.82) is 0 Å². The molecule has 160 valence electrons. The molecule has 0 saturated heterocycles. The zero-order valence-electron chi connectivity index (χ0n) is 17.7. The zero-order chi connectivity index (χ0) is 22.1. The highest BCUT2D eigenvalue weighted by molar-refractivity contribution is 6.03. The van der Waals surface area contributed by atoms with Crippen LogP contribution in [0.1, 0.15) is 11.1 Å². The van der Waals surface area contributed by atoms with Crippen molar-refractivity contribution in [3.05, 3.63) is 66.2 Å². The number of carbonyl (C=O) groups excluding carboxylic acids is 1. The van der Waals surface area contributed by atoms with Gasteiger partial charge in [-0.1, -0.05) is 18.2 Å². The zero-order valence-corrected chi connectivity index (χ0v) is 17.7. The minimum atomic E-state index is -0.0624. The Bertz CT molecular complexity index is 1420. The van der Waals surface area contributed by atoms with Crippen LogP contribution < -0.4 is 10.6 Å². The number of anilines is 1. The van der Waals surface area contributed by atoms with E-state index < -0.39 is 0 Å². The predicted molar refractivity (Wildman–Crippen MR) is 121 cm³/mol. The Morgan fingerprint density at radius 3 is 2.81 bits per heavy atom. The van der Waals surface area contributed by atoms with Crippen molar-refractivity contribution >= 4 is 34.0 Å². The minimum absolute atomic E-state index is 0.0624. The number of rotatable bonds is 6. The summed E-state index contributed by atoms with van der Waals surface area (Å²) in [6, 6.07) is 11.4. The molecule has 5 aromatic rings. The molecular weight excluding hydrogens is 406 g/mol. The molecule has 1 aromatic carbocycles. The molecule has 32 heavy (non-hydrogen) atoms. The molecule has 0 aliphatic heterocycles. The van der Waals surface area contributed by atoms with Crippen molar-refractivity contribution in [3.63, 3.8) is 0 Å². The quantitative estimate of drug-likeness (QED) is 0.428. The molecule has 0 bridgehead atoms. The van der Waals surface area contributed by atoms with E-state index in [2.05, 4.69) is 25.6 Å². The highest BCUT2D eigenvalue weighted by Crippen LogP contribution is 2.31. The number of imidazole rings is 1. The number of benzene rings is 1. The van der Waals surface area contributed by atoms with Crippen LogP contribution in [0, 0.1) is 0 Å². The molecule has 1 amide bonds. The van der Waals surface area contributed by atoms with Crippen molar-refractivity contribution in [2.45, 2.75) is 13.0 Å². The first-order valence-electron chi connectivity index (χ1n) is 10.2. The summed E-state index contributed by atoms with van der Waals surface area (Å²) in [5.74, 6) is 1.04. The summed E-state index contributed by atoms with van der Waals surface area (Å²) in [6.45, 7) is 0.404.